The van der Waals surface area contributed by atoms with Crippen LogP contribution in [0.1, 0.15) is 20.3 Å². The minimum absolute atomic E-state index is 0. The molecule has 1 amide bonds. The second kappa shape index (κ2) is 9.42. The molecule has 0 aromatic heterocycles. The molecule has 0 aliphatic heterocycles. The van der Waals surface area contributed by atoms with Gasteiger partial charge in [0, 0.05) is 0 Å². The molecule has 0 heterocycles. The van der Waals surface area contributed by atoms with Crippen LogP contribution in [-0.2, 0) is 14.3 Å². The van der Waals surface area contributed by atoms with E-state index in [4.69, 9.17) is 0 Å². The Bertz CT molecular complexity index is 224. The first-order valence-corrected chi connectivity index (χ1v) is 5.08. The fourth-order valence-electron chi connectivity index (χ4n) is 1.18. The molecule has 0 fully saturated rings. The summed E-state index contributed by atoms with van der Waals surface area (Å²) >= 11 is 0. The van der Waals surface area contributed by atoms with Gasteiger partial charge in [-0.05, 0) is 13.0 Å². The Hall–Kier alpha value is -0.810. The van der Waals surface area contributed by atoms with Crippen molar-refractivity contribution in [2.75, 3.05) is 20.7 Å². The third kappa shape index (κ3) is 5.92. The van der Waals surface area contributed by atoms with Crippen molar-refractivity contribution in [1.82, 2.24) is 10.6 Å². The normalized spacial score (nSPS) is 13.2. The third-order valence-corrected chi connectivity index (χ3v) is 2.32. The van der Waals surface area contributed by atoms with Crippen molar-refractivity contribution in [1.29, 1.82) is 0 Å². The van der Waals surface area contributed by atoms with E-state index >= 15 is 0 Å². The van der Waals surface area contributed by atoms with Crippen molar-refractivity contribution in [2.24, 2.45) is 5.92 Å². The van der Waals surface area contributed by atoms with Gasteiger partial charge in [-0.2, -0.15) is 0 Å². The highest BCUT2D eigenvalue weighted by atomic mass is 35.5. The number of nitrogens with one attached hydrogen (secondary N) is 2. The van der Waals surface area contributed by atoms with Crippen LogP contribution < -0.4 is 10.6 Å². The molecule has 0 aromatic carbocycles. The molecule has 0 aromatic rings. The van der Waals surface area contributed by atoms with E-state index in [0.29, 0.717) is 0 Å². The van der Waals surface area contributed by atoms with Crippen molar-refractivity contribution < 1.29 is 14.3 Å². The summed E-state index contributed by atoms with van der Waals surface area (Å²) in [6, 6.07) is -0.555. The number of ether oxygens (including phenoxy) is 1. The molecule has 6 heteroatoms. The second-order valence-corrected chi connectivity index (χ2v) is 3.48. The van der Waals surface area contributed by atoms with Crippen LogP contribution in [0.3, 0.4) is 0 Å². The molecule has 0 bridgehead atoms. The lowest BCUT2D eigenvalue weighted by Crippen LogP contribution is -2.48. The number of esters is 1. The van der Waals surface area contributed by atoms with E-state index in [1.54, 1.807) is 7.05 Å². The zero-order valence-corrected chi connectivity index (χ0v) is 11.0. The average molecular weight is 253 g/mol. The van der Waals surface area contributed by atoms with Crippen LogP contribution in [0.5, 0.6) is 0 Å². The minimum Gasteiger partial charge on any atom is -0.467 e. The molecule has 0 radical (unpaired) electrons. The standard InChI is InChI=1S/C10H20N2O3.ClH/c1-5-7(2)9(10(14)15-4)12-8(13)6-11-3;/h7,9,11H,5-6H2,1-4H3,(H,12,13);1H/t7-,9-;/m0./s1. The number of likely N-dealkylation sites (N-methyl/N-ethyl adjacent to an activating group) is 1. The Morgan fingerprint density at radius 1 is 1.38 bits per heavy atom. The number of halogens is 1. The van der Waals surface area contributed by atoms with Gasteiger partial charge in [0.2, 0.25) is 5.91 Å². The van der Waals surface area contributed by atoms with Gasteiger partial charge in [0.25, 0.3) is 0 Å². The Kier molecular flexibility index (Phi) is 10.3. The lowest BCUT2D eigenvalue weighted by molar-refractivity contribution is -0.146. The van der Waals surface area contributed by atoms with Gasteiger partial charge in [0.1, 0.15) is 6.04 Å². The van der Waals surface area contributed by atoms with Crippen molar-refractivity contribution in [3.8, 4) is 0 Å². The van der Waals surface area contributed by atoms with E-state index in [1.807, 2.05) is 13.8 Å². The van der Waals surface area contributed by atoms with Gasteiger partial charge in [-0.3, -0.25) is 4.79 Å². The first kappa shape index (κ1) is 17.6. The molecule has 0 saturated carbocycles. The van der Waals surface area contributed by atoms with Gasteiger partial charge in [-0.15, -0.1) is 12.4 Å². The molecule has 0 aliphatic carbocycles. The Morgan fingerprint density at radius 3 is 2.31 bits per heavy atom. The van der Waals surface area contributed by atoms with Gasteiger partial charge in [-0.25, -0.2) is 4.79 Å². The first-order valence-electron chi connectivity index (χ1n) is 5.08. The summed E-state index contributed by atoms with van der Waals surface area (Å²) < 4.78 is 4.64. The molecule has 5 nitrogen and oxygen atoms in total. The molecule has 96 valence electrons. The van der Waals surface area contributed by atoms with Gasteiger partial charge in [-0.1, -0.05) is 20.3 Å². The maximum absolute atomic E-state index is 11.4. The molecule has 0 rings (SSSR count). The summed E-state index contributed by atoms with van der Waals surface area (Å²) in [5.74, 6) is -0.528. The van der Waals surface area contributed by atoms with Gasteiger partial charge < -0.3 is 15.4 Å². The van der Waals surface area contributed by atoms with Crippen LogP contribution in [0.25, 0.3) is 0 Å². The Balaban J connectivity index is 0. The lowest BCUT2D eigenvalue weighted by atomic mass is 9.99. The van der Waals surface area contributed by atoms with Crippen LogP contribution in [0, 0.1) is 5.92 Å². The van der Waals surface area contributed by atoms with Crippen molar-refractivity contribution >= 4 is 24.3 Å². The van der Waals surface area contributed by atoms with Crippen LogP contribution in [0.4, 0.5) is 0 Å². The average Bonchev–Trinajstić information content (AvgIpc) is 2.24. The number of carbonyl (C=O) groups excluding carboxylic acids is 2. The number of carbonyl (C=O) groups is 2. The quantitative estimate of drug-likeness (QED) is 0.669. The minimum atomic E-state index is -0.555. The highest BCUT2D eigenvalue weighted by Gasteiger charge is 2.26. The molecular formula is C10H21ClN2O3. The zero-order valence-electron chi connectivity index (χ0n) is 10.2. The second-order valence-electron chi connectivity index (χ2n) is 3.48. The number of rotatable bonds is 6. The van der Waals surface area contributed by atoms with Crippen molar-refractivity contribution in [3.63, 3.8) is 0 Å². The Labute approximate surface area is 103 Å². The fourth-order valence-corrected chi connectivity index (χ4v) is 1.18. The third-order valence-electron chi connectivity index (χ3n) is 2.32. The van der Waals surface area contributed by atoms with Gasteiger partial charge in [0.05, 0.1) is 13.7 Å². The largest absolute Gasteiger partial charge is 0.467 e. The SMILES string of the molecule is CC[C@H](C)[C@H](NC(=O)CNC)C(=O)OC.Cl. The van der Waals surface area contributed by atoms with Crippen LogP contribution in [0.15, 0.2) is 0 Å². The summed E-state index contributed by atoms with van der Waals surface area (Å²) in [5, 5.41) is 5.37. The number of hydrogen-bond donors (Lipinski definition) is 2. The smallest absolute Gasteiger partial charge is 0.328 e. The molecule has 0 saturated heterocycles. The molecule has 2 atom stereocenters. The summed E-state index contributed by atoms with van der Waals surface area (Å²) in [4.78, 5) is 22.7. The van der Waals surface area contributed by atoms with E-state index < -0.39 is 12.0 Å². The van der Waals surface area contributed by atoms with Gasteiger partial charge >= 0.3 is 5.97 Å². The number of hydrogen-bond acceptors (Lipinski definition) is 4. The summed E-state index contributed by atoms with van der Waals surface area (Å²) in [6.07, 6.45) is 0.805. The van der Waals surface area contributed by atoms with E-state index in [9.17, 15) is 9.59 Å². The molecule has 0 spiro atoms. The molecule has 0 aliphatic rings. The van der Waals surface area contributed by atoms with Crippen molar-refractivity contribution in [3.05, 3.63) is 0 Å². The van der Waals surface area contributed by atoms with Crippen LogP contribution in [0.2, 0.25) is 0 Å². The van der Waals surface area contributed by atoms with E-state index in [0.717, 1.165) is 6.42 Å². The van der Waals surface area contributed by atoms with Crippen LogP contribution in [-0.4, -0.2) is 38.6 Å². The molecule has 2 N–H and O–H groups in total. The Morgan fingerprint density at radius 2 is 1.94 bits per heavy atom. The van der Waals surface area contributed by atoms with E-state index in [-0.39, 0.29) is 30.8 Å². The monoisotopic (exact) mass is 252 g/mol. The summed E-state index contributed by atoms with van der Waals surface area (Å²) in [6.45, 7) is 4.07. The predicted octanol–water partition coefficient (Wildman–Crippen LogP) is 0.331. The number of methoxy groups -OCH3 is 1. The number of amides is 1. The highest BCUT2D eigenvalue weighted by molar-refractivity contribution is 5.85. The zero-order chi connectivity index (χ0) is 11.8. The maximum atomic E-state index is 11.4. The van der Waals surface area contributed by atoms with Crippen molar-refractivity contribution in [2.45, 2.75) is 26.3 Å². The highest BCUT2D eigenvalue weighted by Crippen LogP contribution is 2.08. The predicted molar refractivity (Wildman–Crippen MR) is 64.6 cm³/mol. The lowest BCUT2D eigenvalue weighted by Gasteiger charge is -2.21. The first-order chi connectivity index (χ1) is 7.06. The van der Waals surface area contributed by atoms with Gasteiger partial charge in [0.15, 0.2) is 0 Å². The van der Waals surface area contributed by atoms with E-state index in [2.05, 4.69) is 15.4 Å². The fraction of sp³-hybridized carbons (Fsp3) is 0.800. The van der Waals surface area contributed by atoms with Crippen LogP contribution >= 0.6 is 12.4 Å². The topological polar surface area (TPSA) is 67.4 Å². The summed E-state index contributed by atoms with van der Waals surface area (Å²) in [7, 11) is 3.00. The molecule has 0 unspecified atom stereocenters. The molecular weight excluding hydrogens is 232 g/mol. The molecule has 16 heavy (non-hydrogen) atoms. The van der Waals surface area contributed by atoms with E-state index in [1.165, 1.54) is 7.11 Å². The summed E-state index contributed by atoms with van der Waals surface area (Å²) in [5.41, 5.74) is 0. The maximum Gasteiger partial charge on any atom is 0.328 e.